The van der Waals surface area contributed by atoms with E-state index in [1.807, 2.05) is 0 Å². The second-order valence-electron chi connectivity index (χ2n) is 4.68. The fourth-order valence-corrected chi connectivity index (χ4v) is 1.77. The average Bonchev–Trinajstić information content (AvgIpc) is 2.14. The van der Waals surface area contributed by atoms with Crippen molar-refractivity contribution in [1.82, 2.24) is 0 Å². The SMILES string of the molecule is Cc1c(F)c(C#N)c(F)c(F)c1C(C)(C)C. The molecule has 0 amide bonds. The molecule has 1 aromatic carbocycles. The summed E-state index contributed by atoms with van der Waals surface area (Å²) in [5.41, 5.74) is -1.61. The molecule has 0 aromatic heterocycles. The van der Waals surface area contributed by atoms with Crippen molar-refractivity contribution < 1.29 is 13.2 Å². The van der Waals surface area contributed by atoms with E-state index >= 15 is 0 Å². The van der Waals surface area contributed by atoms with E-state index in [0.717, 1.165) is 0 Å². The summed E-state index contributed by atoms with van der Waals surface area (Å²) in [7, 11) is 0. The van der Waals surface area contributed by atoms with Crippen LogP contribution in [0.3, 0.4) is 0 Å². The third-order valence-electron chi connectivity index (χ3n) is 2.42. The quantitative estimate of drug-likeness (QED) is 0.621. The number of nitriles is 1. The first-order valence-corrected chi connectivity index (χ1v) is 4.79. The van der Waals surface area contributed by atoms with Crippen LogP contribution in [0.1, 0.15) is 37.5 Å². The highest BCUT2D eigenvalue weighted by Crippen LogP contribution is 2.33. The Hall–Kier alpha value is -1.50. The first-order chi connectivity index (χ1) is 7.21. The van der Waals surface area contributed by atoms with Crippen LogP contribution in [0.2, 0.25) is 0 Å². The molecule has 0 saturated carbocycles. The molecule has 0 radical (unpaired) electrons. The second-order valence-corrected chi connectivity index (χ2v) is 4.68. The fraction of sp³-hybridized carbons (Fsp3) is 0.417. The van der Waals surface area contributed by atoms with Gasteiger partial charge in [-0.3, -0.25) is 0 Å². The lowest BCUT2D eigenvalue weighted by molar-refractivity contribution is 0.445. The summed E-state index contributed by atoms with van der Waals surface area (Å²) >= 11 is 0. The molecule has 16 heavy (non-hydrogen) atoms. The number of hydrogen-bond donors (Lipinski definition) is 0. The van der Waals surface area contributed by atoms with E-state index in [0.29, 0.717) is 0 Å². The van der Waals surface area contributed by atoms with Crippen LogP contribution in [0.15, 0.2) is 0 Å². The molecule has 0 N–H and O–H groups in total. The molecule has 4 heteroatoms. The van der Waals surface area contributed by atoms with Gasteiger partial charge in [0.2, 0.25) is 0 Å². The number of halogens is 3. The van der Waals surface area contributed by atoms with Gasteiger partial charge >= 0.3 is 0 Å². The Morgan fingerprint density at radius 3 is 1.88 bits per heavy atom. The lowest BCUT2D eigenvalue weighted by atomic mass is 9.82. The van der Waals surface area contributed by atoms with Crippen molar-refractivity contribution in [3.05, 3.63) is 34.1 Å². The van der Waals surface area contributed by atoms with Crippen molar-refractivity contribution in [3.8, 4) is 6.07 Å². The lowest BCUT2D eigenvalue weighted by Crippen LogP contribution is -2.19. The molecule has 0 aliphatic heterocycles. The van der Waals surface area contributed by atoms with Gasteiger partial charge in [0.25, 0.3) is 0 Å². The average molecular weight is 227 g/mol. The van der Waals surface area contributed by atoms with E-state index in [1.165, 1.54) is 13.0 Å². The van der Waals surface area contributed by atoms with E-state index in [4.69, 9.17) is 5.26 Å². The van der Waals surface area contributed by atoms with Crippen molar-refractivity contribution in [3.63, 3.8) is 0 Å². The van der Waals surface area contributed by atoms with Gasteiger partial charge in [-0.1, -0.05) is 20.8 Å². The number of benzene rings is 1. The Bertz CT molecular complexity index is 450. The van der Waals surface area contributed by atoms with Crippen LogP contribution in [0.5, 0.6) is 0 Å². The molecule has 0 heterocycles. The zero-order valence-electron chi connectivity index (χ0n) is 9.58. The molecule has 0 bridgehead atoms. The fourth-order valence-electron chi connectivity index (χ4n) is 1.77. The molecule has 86 valence electrons. The maximum atomic E-state index is 13.7. The van der Waals surface area contributed by atoms with E-state index in [9.17, 15) is 13.2 Å². The van der Waals surface area contributed by atoms with Crippen molar-refractivity contribution in [2.24, 2.45) is 0 Å². The van der Waals surface area contributed by atoms with Crippen molar-refractivity contribution >= 4 is 0 Å². The molecule has 0 atom stereocenters. The van der Waals surface area contributed by atoms with Crippen LogP contribution >= 0.6 is 0 Å². The van der Waals surface area contributed by atoms with Gasteiger partial charge in [0.1, 0.15) is 17.4 Å². The number of rotatable bonds is 0. The smallest absolute Gasteiger partial charge is 0.179 e. The highest BCUT2D eigenvalue weighted by molar-refractivity contribution is 5.44. The van der Waals surface area contributed by atoms with Gasteiger partial charge in [0, 0.05) is 5.56 Å². The summed E-state index contributed by atoms with van der Waals surface area (Å²) in [5.74, 6) is -3.52. The Balaban J connectivity index is 3.76. The van der Waals surface area contributed by atoms with E-state index in [2.05, 4.69) is 0 Å². The van der Waals surface area contributed by atoms with Gasteiger partial charge in [0.15, 0.2) is 11.6 Å². The Morgan fingerprint density at radius 1 is 1.00 bits per heavy atom. The number of hydrogen-bond acceptors (Lipinski definition) is 1. The first-order valence-electron chi connectivity index (χ1n) is 4.79. The molecule has 1 nitrogen and oxygen atoms in total. The highest BCUT2D eigenvalue weighted by Gasteiger charge is 2.29. The molecule has 0 unspecified atom stereocenters. The molecule has 0 fully saturated rings. The van der Waals surface area contributed by atoms with Crippen LogP contribution < -0.4 is 0 Å². The Labute approximate surface area is 92.5 Å². The maximum absolute atomic E-state index is 13.7. The Morgan fingerprint density at radius 2 is 1.50 bits per heavy atom. The summed E-state index contributed by atoms with van der Waals surface area (Å²) in [6.07, 6.45) is 0. The monoisotopic (exact) mass is 227 g/mol. The minimum absolute atomic E-state index is 0.0112. The normalized spacial score (nSPS) is 11.4. The van der Waals surface area contributed by atoms with E-state index in [1.54, 1.807) is 20.8 Å². The lowest BCUT2D eigenvalue weighted by Gasteiger charge is -2.23. The third kappa shape index (κ3) is 1.78. The van der Waals surface area contributed by atoms with Crippen molar-refractivity contribution in [2.45, 2.75) is 33.1 Å². The van der Waals surface area contributed by atoms with Gasteiger partial charge in [0.05, 0.1) is 0 Å². The Kier molecular flexibility index (Phi) is 3.00. The summed E-state index contributed by atoms with van der Waals surface area (Å²) in [5, 5.41) is 8.55. The molecule has 0 spiro atoms. The minimum Gasteiger partial charge on any atom is -0.205 e. The summed E-state index contributed by atoms with van der Waals surface area (Å²) in [6.45, 7) is 6.31. The van der Waals surface area contributed by atoms with E-state index in [-0.39, 0.29) is 11.1 Å². The van der Waals surface area contributed by atoms with Crippen LogP contribution in [0.25, 0.3) is 0 Å². The molecule has 0 aliphatic carbocycles. The predicted octanol–water partition coefficient (Wildman–Crippen LogP) is 3.58. The standard InChI is InChI=1S/C12H12F3N/c1-6-8(12(2,3)4)11(15)10(14)7(5-16)9(6)13/h1-4H3. The van der Waals surface area contributed by atoms with Gasteiger partial charge in [-0.15, -0.1) is 0 Å². The highest BCUT2D eigenvalue weighted by atomic mass is 19.2. The maximum Gasteiger partial charge on any atom is 0.179 e. The molecular weight excluding hydrogens is 215 g/mol. The summed E-state index contributed by atoms with van der Waals surface area (Å²) < 4.78 is 40.7. The third-order valence-corrected chi connectivity index (χ3v) is 2.42. The zero-order chi connectivity index (χ0) is 12.7. The van der Waals surface area contributed by atoms with E-state index < -0.39 is 28.4 Å². The summed E-state index contributed by atoms with van der Waals surface area (Å²) in [4.78, 5) is 0. The first kappa shape index (κ1) is 12.6. The van der Waals surface area contributed by atoms with Crippen LogP contribution in [-0.4, -0.2) is 0 Å². The van der Waals surface area contributed by atoms with Gasteiger partial charge in [-0.05, 0) is 17.9 Å². The van der Waals surface area contributed by atoms with Crippen molar-refractivity contribution in [2.75, 3.05) is 0 Å². The minimum atomic E-state index is -1.41. The van der Waals surface area contributed by atoms with Crippen molar-refractivity contribution in [1.29, 1.82) is 5.26 Å². The predicted molar refractivity (Wildman–Crippen MR) is 54.5 cm³/mol. The molecule has 0 aliphatic rings. The second kappa shape index (κ2) is 3.82. The van der Waals surface area contributed by atoms with Crippen LogP contribution in [0, 0.1) is 35.7 Å². The van der Waals surface area contributed by atoms with Crippen LogP contribution in [0.4, 0.5) is 13.2 Å². The molecule has 1 aromatic rings. The zero-order valence-corrected chi connectivity index (χ0v) is 9.58. The molecule has 1 rings (SSSR count). The van der Waals surface area contributed by atoms with Gasteiger partial charge in [-0.25, -0.2) is 13.2 Å². The van der Waals surface area contributed by atoms with Gasteiger partial charge < -0.3 is 0 Å². The number of nitrogens with zero attached hydrogens (tertiary/aromatic N) is 1. The molecular formula is C12H12F3N. The van der Waals surface area contributed by atoms with Gasteiger partial charge in [-0.2, -0.15) is 5.26 Å². The molecule has 0 saturated heterocycles. The summed E-state index contributed by atoms with van der Waals surface area (Å²) in [6, 6.07) is 1.33. The van der Waals surface area contributed by atoms with Crippen LogP contribution in [-0.2, 0) is 5.41 Å². The largest absolute Gasteiger partial charge is 0.205 e. The topological polar surface area (TPSA) is 23.8 Å².